The number of nitrogens with one attached hydrogen (secondary N) is 1. The number of anilines is 1. The van der Waals surface area contributed by atoms with E-state index in [4.69, 9.17) is 0 Å². The number of benzene rings is 1. The number of non-ortho nitro benzene ring substituents is 1. The smallest absolute Gasteiger partial charge is 0.269 e. The molecule has 0 bridgehead atoms. The highest BCUT2D eigenvalue weighted by Crippen LogP contribution is 2.27. The van der Waals surface area contributed by atoms with Crippen molar-refractivity contribution in [1.82, 2.24) is 0 Å². The summed E-state index contributed by atoms with van der Waals surface area (Å²) in [5.74, 6) is 0.788. The molecule has 86 valence electrons. The summed E-state index contributed by atoms with van der Waals surface area (Å²) in [6.45, 7) is 2.26. The molecular formula is C12H16N2O2. The molecule has 4 heteroatoms. The van der Waals surface area contributed by atoms with Gasteiger partial charge >= 0.3 is 0 Å². The highest BCUT2D eigenvalue weighted by atomic mass is 16.6. The van der Waals surface area contributed by atoms with Crippen LogP contribution in [0.5, 0.6) is 0 Å². The van der Waals surface area contributed by atoms with Gasteiger partial charge in [-0.25, -0.2) is 0 Å². The van der Waals surface area contributed by atoms with Crippen molar-refractivity contribution >= 4 is 11.4 Å². The van der Waals surface area contributed by atoms with E-state index in [-0.39, 0.29) is 10.6 Å². The van der Waals surface area contributed by atoms with Crippen LogP contribution in [-0.2, 0) is 0 Å². The fourth-order valence-electron chi connectivity index (χ4n) is 2.25. The predicted octanol–water partition coefficient (Wildman–Crippen LogP) is 3.20. The van der Waals surface area contributed by atoms with E-state index < -0.39 is 0 Å². The highest BCUT2D eigenvalue weighted by Gasteiger charge is 2.20. The SMILES string of the molecule is CC1CCC(Nc2ccc([N+](=O)[O-])cc2)C1. The van der Waals surface area contributed by atoms with Gasteiger partial charge in [0, 0.05) is 23.9 Å². The second kappa shape index (κ2) is 4.51. The molecule has 0 aromatic heterocycles. The Morgan fingerprint density at radius 3 is 2.50 bits per heavy atom. The summed E-state index contributed by atoms with van der Waals surface area (Å²) in [5.41, 5.74) is 1.12. The molecule has 2 atom stereocenters. The molecule has 2 unspecified atom stereocenters. The molecule has 0 heterocycles. The van der Waals surface area contributed by atoms with E-state index in [1.165, 1.54) is 19.3 Å². The monoisotopic (exact) mass is 220 g/mol. The van der Waals surface area contributed by atoms with Crippen LogP contribution >= 0.6 is 0 Å². The quantitative estimate of drug-likeness (QED) is 0.628. The molecule has 0 amide bonds. The lowest BCUT2D eigenvalue weighted by atomic mass is 10.1. The van der Waals surface area contributed by atoms with Crippen molar-refractivity contribution in [2.75, 3.05) is 5.32 Å². The lowest BCUT2D eigenvalue weighted by molar-refractivity contribution is -0.384. The molecule has 1 saturated carbocycles. The summed E-state index contributed by atoms with van der Waals surface area (Å²) < 4.78 is 0. The van der Waals surface area contributed by atoms with Crippen LogP contribution in [0.2, 0.25) is 0 Å². The molecule has 4 nitrogen and oxygen atoms in total. The molecule has 0 spiro atoms. The Bertz CT molecular complexity index is 375. The van der Waals surface area contributed by atoms with Gasteiger partial charge in [-0.15, -0.1) is 0 Å². The third-order valence-electron chi connectivity index (χ3n) is 3.14. The van der Waals surface area contributed by atoms with Crippen molar-refractivity contribution in [3.05, 3.63) is 34.4 Å². The van der Waals surface area contributed by atoms with Gasteiger partial charge in [-0.05, 0) is 37.3 Å². The van der Waals surface area contributed by atoms with Gasteiger partial charge in [-0.2, -0.15) is 0 Å². The Labute approximate surface area is 94.8 Å². The summed E-state index contributed by atoms with van der Waals surface area (Å²) in [7, 11) is 0. The molecule has 1 aliphatic rings. The Kier molecular flexibility index (Phi) is 3.08. The lowest BCUT2D eigenvalue weighted by Crippen LogP contribution is -2.14. The van der Waals surface area contributed by atoms with Crippen molar-refractivity contribution in [1.29, 1.82) is 0 Å². The Hall–Kier alpha value is -1.58. The van der Waals surface area contributed by atoms with Gasteiger partial charge in [-0.1, -0.05) is 6.92 Å². The zero-order valence-electron chi connectivity index (χ0n) is 9.35. The van der Waals surface area contributed by atoms with Gasteiger partial charge in [0.15, 0.2) is 0 Å². The standard InChI is InChI=1S/C12H16N2O2/c1-9-2-3-11(8-9)13-10-4-6-12(7-5-10)14(15)16/h4-7,9,11,13H,2-3,8H2,1H3. The number of nitrogens with zero attached hydrogens (tertiary/aromatic N) is 1. The van der Waals surface area contributed by atoms with Gasteiger partial charge in [-0.3, -0.25) is 10.1 Å². The van der Waals surface area contributed by atoms with Crippen LogP contribution in [-0.4, -0.2) is 11.0 Å². The van der Waals surface area contributed by atoms with Crippen LogP contribution in [0.3, 0.4) is 0 Å². The van der Waals surface area contributed by atoms with Gasteiger partial charge in [0.25, 0.3) is 5.69 Å². The summed E-state index contributed by atoms with van der Waals surface area (Å²) in [6.07, 6.45) is 3.65. The average Bonchev–Trinajstić information content (AvgIpc) is 2.65. The minimum atomic E-state index is -0.374. The third kappa shape index (κ3) is 2.51. The molecule has 16 heavy (non-hydrogen) atoms. The molecule has 1 N–H and O–H groups in total. The first kappa shape index (κ1) is 10.9. The zero-order valence-corrected chi connectivity index (χ0v) is 9.35. The molecule has 0 saturated heterocycles. The average molecular weight is 220 g/mol. The van der Waals surface area contributed by atoms with Gasteiger partial charge in [0.1, 0.15) is 0 Å². The first-order valence-corrected chi connectivity index (χ1v) is 5.66. The van der Waals surface area contributed by atoms with Gasteiger partial charge in [0.2, 0.25) is 0 Å². The van der Waals surface area contributed by atoms with Crippen molar-refractivity contribution < 1.29 is 4.92 Å². The van der Waals surface area contributed by atoms with Gasteiger partial charge in [0.05, 0.1) is 4.92 Å². The first-order chi connectivity index (χ1) is 7.65. The maximum absolute atomic E-state index is 10.5. The molecule has 0 aliphatic heterocycles. The fraction of sp³-hybridized carbons (Fsp3) is 0.500. The largest absolute Gasteiger partial charge is 0.382 e. The summed E-state index contributed by atoms with van der Waals surface area (Å²) in [4.78, 5) is 10.1. The van der Waals surface area contributed by atoms with Gasteiger partial charge < -0.3 is 5.32 Å². The Balaban J connectivity index is 1.97. The van der Waals surface area contributed by atoms with E-state index in [1.807, 2.05) is 0 Å². The number of nitro benzene ring substituents is 1. The molecule has 2 rings (SSSR count). The van der Waals surface area contributed by atoms with Crippen LogP contribution in [0.25, 0.3) is 0 Å². The van der Waals surface area contributed by atoms with Crippen molar-refractivity contribution in [2.24, 2.45) is 5.92 Å². The van der Waals surface area contributed by atoms with Crippen molar-refractivity contribution in [2.45, 2.75) is 32.2 Å². The normalized spacial score (nSPS) is 24.3. The Morgan fingerprint density at radius 1 is 1.31 bits per heavy atom. The maximum Gasteiger partial charge on any atom is 0.269 e. The number of hydrogen-bond donors (Lipinski definition) is 1. The molecular weight excluding hydrogens is 204 g/mol. The van der Waals surface area contributed by atoms with Crippen molar-refractivity contribution in [3.63, 3.8) is 0 Å². The highest BCUT2D eigenvalue weighted by molar-refractivity contribution is 5.49. The first-order valence-electron chi connectivity index (χ1n) is 5.66. The van der Waals surface area contributed by atoms with Crippen LogP contribution in [0.1, 0.15) is 26.2 Å². The number of nitro groups is 1. The summed E-state index contributed by atoms with van der Waals surface area (Å²) in [6, 6.07) is 7.17. The molecule has 1 fully saturated rings. The van der Waals surface area contributed by atoms with E-state index in [0.717, 1.165) is 11.6 Å². The van der Waals surface area contributed by atoms with E-state index in [1.54, 1.807) is 24.3 Å². The van der Waals surface area contributed by atoms with Crippen LogP contribution in [0.15, 0.2) is 24.3 Å². The minimum Gasteiger partial charge on any atom is -0.382 e. The van der Waals surface area contributed by atoms with E-state index in [9.17, 15) is 10.1 Å². The minimum absolute atomic E-state index is 0.144. The molecule has 0 radical (unpaired) electrons. The molecule has 1 aromatic carbocycles. The predicted molar refractivity (Wildman–Crippen MR) is 63.5 cm³/mol. The summed E-state index contributed by atoms with van der Waals surface area (Å²) in [5, 5.41) is 13.9. The number of hydrogen-bond acceptors (Lipinski definition) is 3. The van der Waals surface area contributed by atoms with Crippen LogP contribution in [0, 0.1) is 16.0 Å². The lowest BCUT2D eigenvalue weighted by Gasteiger charge is -2.13. The molecule has 1 aromatic rings. The zero-order chi connectivity index (χ0) is 11.5. The maximum atomic E-state index is 10.5. The summed E-state index contributed by atoms with van der Waals surface area (Å²) >= 11 is 0. The van der Waals surface area contributed by atoms with Crippen LogP contribution < -0.4 is 5.32 Å². The van der Waals surface area contributed by atoms with E-state index in [2.05, 4.69) is 12.2 Å². The fourth-order valence-corrected chi connectivity index (χ4v) is 2.25. The number of rotatable bonds is 3. The van der Waals surface area contributed by atoms with E-state index >= 15 is 0 Å². The third-order valence-corrected chi connectivity index (χ3v) is 3.14. The second-order valence-corrected chi connectivity index (χ2v) is 4.56. The second-order valence-electron chi connectivity index (χ2n) is 4.56. The molecule has 1 aliphatic carbocycles. The van der Waals surface area contributed by atoms with Crippen LogP contribution in [0.4, 0.5) is 11.4 Å². The van der Waals surface area contributed by atoms with Crippen molar-refractivity contribution in [3.8, 4) is 0 Å². The van der Waals surface area contributed by atoms with E-state index in [0.29, 0.717) is 6.04 Å². The topological polar surface area (TPSA) is 55.2 Å². The Morgan fingerprint density at radius 2 is 2.00 bits per heavy atom.